The summed E-state index contributed by atoms with van der Waals surface area (Å²) in [6.45, 7) is 2.89. The summed E-state index contributed by atoms with van der Waals surface area (Å²) in [5.41, 5.74) is 6.66. The fourth-order valence-electron chi connectivity index (χ4n) is 2.43. The first-order chi connectivity index (χ1) is 8.20. The third kappa shape index (κ3) is 3.27. The normalized spacial score (nSPS) is 17.5. The van der Waals surface area contributed by atoms with E-state index in [0.29, 0.717) is 0 Å². The fourth-order valence-corrected chi connectivity index (χ4v) is 2.83. The van der Waals surface area contributed by atoms with Crippen LogP contribution in [0.15, 0.2) is 18.2 Å². The van der Waals surface area contributed by atoms with Gasteiger partial charge in [-0.2, -0.15) is 0 Å². The van der Waals surface area contributed by atoms with Crippen LogP contribution in [0.5, 0.6) is 0 Å². The summed E-state index contributed by atoms with van der Waals surface area (Å²) in [6, 6.07) is 5.65. The van der Waals surface area contributed by atoms with E-state index >= 15 is 0 Å². The van der Waals surface area contributed by atoms with E-state index in [1.165, 1.54) is 12.8 Å². The summed E-state index contributed by atoms with van der Waals surface area (Å²) in [5, 5.41) is 1.53. The molecular weight excluding hydrogens is 255 g/mol. The summed E-state index contributed by atoms with van der Waals surface area (Å²) < 4.78 is 0. The maximum atomic E-state index is 6.21. The van der Waals surface area contributed by atoms with E-state index in [0.717, 1.165) is 47.7 Å². The van der Waals surface area contributed by atoms with Gasteiger partial charge in [-0.25, -0.2) is 0 Å². The number of halogens is 2. The lowest BCUT2D eigenvalue weighted by atomic mass is 9.93. The molecule has 0 amide bonds. The van der Waals surface area contributed by atoms with Crippen LogP contribution >= 0.6 is 23.2 Å². The van der Waals surface area contributed by atoms with Crippen molar-refractivity contribution >= 4 is 28.9 Å². The van der Waals surface area contributed by atoms with Gasteiger partial charge < -0.3 is 10.6 Å². The number of nitrogens with two attached hydrogens (primary N) is 1. The first kappa shape index (κ1) is 13.0. The number of hydrogen-bond donors (Lipinski definition) is 1. The van der Waals surface area contributed by atoms with Crippen molar-refractivity contribution in [1.29, 1.82) is 0 Å². The number of nitrogens with zero attached hydrogens (tertiary/aromatic N) is 1. The molecule has 94 valence electrons. The van der Waals surface area contributed by atoms with Gasteiger partial charge in [-0.3, -0.25) is 0 Å². The highest BCUT2D eigenvalue weighted by molar-refractivity contribution is 6.35. The molecule has 0 atom stereocenters. The molecular formula is C13H18Cl2N2. The number of anilines is 1. The molecule has 0 saturated carbocycles. The molecule has 0 aromatic heterocycles. The minimum Gasteiger partial charge on any atom is -0.370 e. The van der Waals surface area contributed by atoms with Gasteiger partial charge in [0, 0.05) is 18.1 Å². The number of benzene rings is 1. The van der Waals surface area contributed by atoms with E-state index in [1.807, 2.05) is 18.2 Å². The standard InChI is InChI=1S/C13H18Cl2N2/c14-11-1-2-12(15)13(9-11)17-7-4-10(3-6-16)5-8-17/h1-2,9-10H,3-8,16H2. The van der Waals surface area contributed by atoms with Crippen LogP contribution in [0.3, 0.4) is 0 Å². The molecule has 0 spiro atoms. The van der Waals surface area contributed by atoms with Crippen molar-refractivity contribution in [3.63, 3.8) is 0 Å². The summed E-state index contributed by atoms with van der Waals surface area (Å²) in [7, 11) is 0. The lowest BCUT2D eigenvalue weighted by molar-refractivity contribution is 0.386. The van der Waals surface area contributed by atoms with Gasteiger partial charge in [-0.05, 0) is 49.9 Å². The molecule has 4 heteroatoms. The third-order valence-electron chi connectivity index (χ3n) is 3.44. The van der Waals surface area contributed by atoms with Gasteiger partial charge in [-0.1, -0.05) is 23.2 Å². The van der Waals surface area contributed by atoms with E-state index < -0.39 is 0 Å². The Morgan fingerprint density at radius 3 is 2.59 bits per heavy atom. The van der Waals surface area contributed by atoms with E-state index in [-0.39, 0.29) is 0 Å². The van der Waals surface area contributed by atoms with Crippen LogP contribution in [0.4, 0.5) is 5.69 Å². The summed E-state index contributed by atoms with van der Waals surface area (Å²) in [6.07, 6.45) is 3.53. The topological polar surface area (TPSA) is 29.3 Å². The van der Waals surface area contributed by atoms with Crippen molar-refractivity contribution in [1.82, 2.24) is 0 Å². The van der Waals surface area contributed by atoms with Crippen LogP contribution in [-0.4, -0.2) is 19.6 Å². The molecule has 0 aliphatic carbocycles. The Bertz CT molecular complexity index is 374. The second-order valence-corrected chi connectivity index (χ2v) is 5.45. The Hall–Kier alpha value is -0.440. The molecule has 17 heavy (non-hydrogen) atoms. The second kappa shape index (κ2) is 5.94. The predicted octanol–water partition coefficient (Wildman–Crippen LogP) is 3.56. The van der Waals surface area contributed by atoms with Crippen molar-refractivity contribution in [3.05, 3.63) is 28.2 Å². The van der Waals surface area contributed by atoms with E-state index in [4.69, 9.17) is 28.9 Å². The zero-order valence-electron chi connectivity index (χ0n) is 9.83. The first-order valence-electron chi connectivity index (χ1n) is 6.11. The van der Waals surface area contributed by atoms with Crippen molar-refractivity contribution in [2.75, 3.05) is 24.5 Å². The first-order valence-corrected chi connectivity index (χ1v) is 6.86. The number of hydrogen-bond acceptors (Lipinski definition) is 2. The highest BCUT2D eigenvalue weighted by Crippen LogP contribution is 2.32. The molecule has 2 nitrogen and oxygen atoms in total. The van der Waals surface area contributed by atoms with E-state index in [2.05, 4.69) is 4.90 Å². The monoisotopic (exact) mass is 272 g/mol. The molecule has 1 aromatic carbocycles. The van der Waals surface area contributed by atoms with Crippen molar-refractivity contribution < 1.29 is 0 Å². The van der Waals surface area contributed by atoms with Crippen molar-refractivity contribution in [3.8, 4) is 0 Å². The Kier molecular flexibility index (Phi) is 4.55. The molecule has 1 fully saturated rings. The van der Waals surface area contributed by atoms with Crippen LogP contribution < -0.4 is 10.6 Å². The van der Waals surface area contributed by atoms with Crippen molar-refractivity contribution in [2.24, 2.45) is 11.7 Å². The molecule has 2 N–H and O–H groups in total. The zero-order valence-corrected chi connectivity index (χ0v) is 11.3. The molecule has 0 radical (unpaired) electrons. The van der Waals surface area contributed by atoms with Crippen LogP contribution in [0.2, 0.25) is 10.0 Å². The van der Waals surface area contributed by atoms with Gasteiger partial charge in [-0.15, -0.1) is 0 Å². The van der Waals surface area contributed by atoms with Crippen LogP contribution in [0.1, 0.15) is 19.3 Å². The molecule has 1 heterocycles. The molecule has 1 aliphatic heterocycles. The number of piperidine rings is 1. The Balaban J connectivity index is 2.02. The fraction of sp³-hybridized carbons (Fsp3) is 0.538. The highest BCUT2D eigenvalue weighted by atomic mass is 35.5. The molecule has 1 saturated heterocycles. The maximum Gasteiger partial charge on any atom is 0.0640 e. The summed E-state index contributed by atoms with van der Waals surface area (Å²) in [4.78, 5) is 2.32. The van der Waals surface area contributed by atoms with Gasteiger partial charge >= 0.3 is 0 Å². The van der Waals surface area contributed by atoms with E-state index in [1.54, 1.807) is 0 Å². The minimum atomic E-state index is 0.744. The van der Waals surface area contributed by atoms with Gasteiger partial charge in [0.25, 0.3) is 0 Å². The quantitative estimate of drug-likeness (QED) is 0.912. The Morgan fingerprint density at radius 2 is 1.94 bits per heavy atom. The SMILES string of the molecule is NCCC1CCN(c2cc(Cl)ccc2Cl)CC1. The number of rotatable bonds is 3. The Morgan fingerprint density at radius 1 is 1.24 bits per heavy atom. The minimum absolute atomic E-state index is 0.744. The summed E-state index contributed by atoms with van der Waals surface area (Å²) >= 11 is 12.2. The second-order valence-electron chi connectivity index (χ2n) is 4.60. The summed E-state index contributed by atoms with van der Waals surface area (Å²) in [5.74, 6) is 0.772. The van der Waals surface area contributed by atoms with Gasteiger partial charge in [0.1, 0.15) is 0 Å². The predicted molar refractivity (Wildman–Crippen MR) is 75.1 cm³/mol. The highest BCUT2D eigenvalue weighted by Gasteiger charge is 2.20. The van der Waals surface area contributed by atoms with Crippen LogP contribution in [-0.2, 0) is 0 Å². The lowest BCUT2D eigenvalue weighted by Crippen LogP contribution is -2.34. The van der Waals surface area contributed by atoms with E-state index in [9.17, 15) is 0 Å². The molecule has 2 rings (SSSR count). The van der Waals surface area contributed by atoms with Gasteiger partial charge in [0.15, 0.2) is 0 Å². The van der Waals surface area contributed by atoms with Gasteiger partial charge in [0.05, 0.1) is 10.7 Å². The Labute approximate surface area is 113 Å². The van der Waals surface area contributed by atoms with Crippen LogP contribution in [0.25, 0.3) is 0 Å². The molecule has 1 aromatic rings. The smallest absolute Gasteiger partial charge is 0.0640 e. The maximum absolute atomic E-state index is 6.21. The van der Waals surface area contributed by atoms with Crippen molar-refractivity contribution in [2.45, 2.75) is 19.3 Å². The largest absolute Gasteiger partial charge is 0.370 e. The molecule has 0 bridgehead atoms. The average Bonchev–Trinajstić information content (AvgIpc) is 2.34. The van der Waals surface area contributed by atoms with Gasteiger partial charge in [0.2, 0.25) is 0 Å². The van der Waals surface area contributed by atoms with Crippen LogP contribution in [0, 0.1) is 5.92 Å². The molecule has 1 aliphatic rings. The average molecular weight is 273 g/mol. The lowest BCUT2D eigenvalue weighted by Gasteiger charge is -2.34. The molecule has 0 unspecified atom stereocenters. The third-order valence-corrected chi connectivity index (χ3v) is 3.99. The zero-order chi connectivity index (χ0) is 12.3.